The van der Waals surface area contributed by atoms with Gasteiger partial charge in [0.15, 0.2) is 0 Å². The summed E-state index contributed by atoms with van der Waals surface area (Å²) in [5, 5.41) is 10.6. The van der Waals surface area contributed by atoms with Gasteiger partial charge in [0.2, 0.25) is 0 Å². The van der Waals surface area contributed by atoms with Crippen LogP contribution in [-0.2, 0) is 18.0 Å². The Kier molecular flexibility index (Phi) is 5.62. The monoisotopic (exact) mass is 336 g/mol. The average Bonchev–Trinajstić information content (AvgIpc) is 2.84. The van der Waals surface area contributed by atoms with Crippen molar-refractivity contribution in [2.45, 2.75) is 13.2 Å². The van der Waals surface area contributed by atoms with Gasteiger partial charge in [-0.05, 0) is 23.8 Å². The molecule has 1 heterocycles. The number of rotatable bonds is 4. The highest BCUT2D eigenvalue weighted by Crippen LogP contribution is 2.17. The average molecular weight is 337 g/mol. The molecule has 0 saturated carbocycles. The zero-order valence-electron chi connectivity index (χ0n) is 10.2. The molecule has 0 unspecified atom stereocenters. The number of ether oxygens (including phenoxy) is 1. The van der Waals surface area contributed by atoms with Crippen molar-refractivity contribution in [2.24, 2.45) is 0 Å². The molecular weight excluding hydrogens is 324 g/mol. The number of halogens is 1. The van der Waals surface area contributed by atoms with Crippen molar-refractivity contribution in [3.63, 3.8) is 0 Å². The molecule has 0 radical (unpaired) electrons. The van der Waals surface area contributed by atoms with Crippen LogP contribution in [0.3, 0.4) is 0 Å². The van der Waals surface area contributed by atoms with Crippen molar-refractivity contribution >= 4 is 27.3 Å². The Bertz CT molecular complexity index is 595. The molecule has 19 heavy (non-hydrogen) atoms. The van der Waals surface area contributed by atoms with Crippen LogP contribution in [-0.4, -0.2) is 11.7 Å². The van der Waals surface area contributed by atoms with Crippen molar-refractivity contribution < 1.29 is 9.84 Å². The molecule has 2 nitrogen and oxygen atoms in total. The van der Waals surface area contributed by atoms with E-state index in [1.807, 2.05) is 35.7 Å². The minimum absolute atomic E-state index is 0.107. The zero-order chi connectivity index (χ0) is 13.5. The van der Waals surface area contributed by atoms with Gasteiger partial charge in [-0.25, -0.2) is 0 Å². The lowest BCUT2D eigenvalue weighted by molar-refractivity contribution is 0.109. The van der Waals surface area contributed by atoms with E-state index >= 15 is 0 Å². The van der Waals surface area contributed by atoms with Crippen LogP contribution in [0.25, 0.3) is 0 Å². The Morgan fingerprint density at radius 3 is 2.95 bits per heavy atom. The summed E-state index contributed by atoms with van der Waals surface area (Å²) >= 11 is 5.06. The van der Waals surface area contributed by atoms with E-state index < -0.39 is 0 Å². The lowest BCUT2D eigenvalue weighted by Crippen LogP contribution is -1.92. The van der Waals surface area contributed by atoms with Crippen molar-refractivity contribution in [3.8, 4) is 11.8 Å². The third-order valence-electron chi connectivity index (χ3n) is 2.37. The number of hydrogen-bond acceptors (Lipinski definition) is 3. The summed E-state index contributed by atoms with van der Waals surface area (Å²) < 4.78 is 6.73. The summed E-state index contributed by atoms with van der Waals surface area (Å²) in [6, 6.07) is 10.1. The molecule has 0 aliphatic carbocycles. The highest BCUT2D eigenvalue weighted by molar-refractivity contribution is 9.10. The molecule has 0 fully saturated rings. The lowest BCUT2D eigenvalue weighted by atomic mass is 10.2. The Hall–Kier alpha value is -1.12. The molecule has 0 spiro atoms. The van der Waals surface area contributed by atoms with Crippen LogP contribution in [0.4, 0.5) is 0 Å². The normalized spacial score (nSPS) is 10.0. The molecule has 0 bridgehead atoms. The van der Waals surface area contributed by atoms with Crippen LogP contribution < -0.4 is 0 Å². The molecule has 1 aromatic heterocycles. The second-order valence-electron chi connectivity index (χ2n) is 3.88. The van der Waals surface area contributed by atoms with Crippen LogP contribution in [0.2, 0.25) is 0 Å². The summed E-state index contributed by atoms with van der Waals surface area (Å²) in [4.78, 5) is 1.14. The second kappa shape index (κ2) is 7.46. The van der Waals surface area contributed by atoms with Crippen LogP contribution in [0.15, 0.2) is 40.2 Å². The standard InChI is InChI=1S/C15H13BrO2S/c16-14-5-1-3-12(7-14)9-18-10-15-8-13(11-19-15)4-2-6-17/h1,3,5,7-8,11,17H,6,9-10H2. The van der Waals surface area contributed by atoms with Gasteiger partial charge in [-0.2, -0.15) is 0 Å². The molecule has 0 atom stereocenters. The Morgan fingerprint density at radius 1 is 1.26 bits per heavy atom. The first-order valence-electron chi connectivity index (χ1n) is 5.77. The fourth-order valence-corrected chi connectivity index (χ4v) is 2.76. The van der Waals surface area contributed by atoms with E-state index in [4.69, 9.17) is 9.84 Å². The van der Waals surface area contributed by atoms with Crippen molar-refractivity contribution in [2.75, 3.05) is 6.61 Å². The fourth-order valence-electron chi connectivity index (χ4n) is 1.56. The number of aliphatic hydroxyl groups is 1. The van der Waals surface area contributed by atoms with Gasteiger partial charge >= 0.3 is 0 Å². The maximum atomic E-state index is 8.63. The third kappa shape index (κ3) is 4.81. The lowest BCUT2D eigenvalue weighted by Gasteiger charge is -2.03. The highest BCUT2D eigenvalue weighted by atomic mass is 79.9. The van der Waals surface area contributed by atoms with Gasteiger partial charge in [0.1, 0.15) is 6.61 Å². The van der Waals surface area contributed by atoms with Crippen LogP contribution in [0.1, 0.15) is 16.0 Å². The first-order valence-corrected chi connectivity index (χ1v) is 7.44. The molecule has 2 aromatic rings. The van der Waals surface area contributed by atoms with Crippen molar-refractivity contribution in [1.29, 1.82) is 0 Å². The smallest absolute Gasteiger partial charge is 0.104 e. The fraction of sp³-hybridized carbons (Fsp3) is 0.200. The molecular formula is C15H13BrO2S. The van der Waals surface area contributed by atoms with E-state index in [-0.39, 0.29) is 6.61 Å². The first-order chi connectivity index (χ1) is 9.28. The minimum atomic E-state index is -0.107. The number of hydrogen-bond donors (Lipinski definition) is 1. The maximum absolute atomic E-state index is 8.63. The minimum Gasteiger partial charge on any atom is -0.384 e. The topological polar surface area (TPSA) is 29.5 Å². The quantitative estimate of drug-likeness (QED) is 0.865. The van der Waals surface area contributed by atoms with E-state index in [0.29, 0.717) is 13.2 Å². The van der Waals surface area contributed by atoms with Crippen LogP contribution in [0.5, 0.6) is 0 Å². The van der Waals surface area contributed by atoms with E-state index in [0.717, 1.165) is 20.5 Å². The first kappa shape index (κ1) is 14.3. The third-order valence-corrected chi connectivity index (χ3v) is 3.77. The predicted octanol–water partition coefficient (Wildman–Crippen LogP) is 3.57. The Morgan fingerprint density at radius 2 is 2.16 bits per heavy atom. The molecule has 0 amide bonds. The Balaban J connectivity index is 1.84. The molecule has 2 rings (SSSR count). The van der Waals surface area contributed by atoms with Gasteiger partial charge in [0, 0.05) is 20.3 Å². The summed E-state index contributed by atoms with van der Waals surface area (Å²) in [7, 11) is 0. The molecule has 0 aliphatic heterocycles. The number of thiophene rings is 1. The van der Waals surface area contributed by atoms with E-state index in [9.17, 15) is 0 Å². The Labute approximate surface area is 125 Å². The second-order valence-corrected chi connectivity index (χ2v) is 5.80. The van der Waals surface area contributed by atoms with E-state index in [1.54, 1.807) is 11.3 Å². The number of benzene rings is 1. The van der Waals surface area contributed by atoms with Gasteiger partial charge < -0.3 is 9.84 Å². The molecule has 4 heteroatoms. The summed E-state index contributed by atoms with van der Waals surface area (Å²) in [5.74, 6) is 5.51. The molecule has 1 aromatic carbocycles. The summed E-state index contributed by atoms with van der Waals surface area (Å²) in [5.41, 5.74) is 2.08. The highest BCUT2D eigenvalue weighted by Gasteiger charge is 1.99. The van der Waals surface area contributed by atoms with Gasteiger partial charge in [-0.15, -0.1) is 11.3 Å². The maximum Gasteiger partial charge on any atom is 0.104 e. The summed E-state index contributed by atoms with van der Waals surface area (Å²) in [6.07, 6.45) is 0. The van der Waals surface area contributed by atoms with E-state index in [1.165, 1.54) is 0 Å². The molecule has 1 N–H and O–H groups in total. The molecule has 98 valence electrons. The van der Waals surface area contributed by atoms with Crippen molar-refractivity contribution in [1.82, 2.24) is 0 Å². The van der Waals surface area contributed by atoms with Crippen LogP contribution in [0, 0.1) is 11.8 Å². The van der Waals surface area contributed by atoms with E-state index in [2.05, 4.69) is 27.8 Å². The van der Waals surface area contributed by atoms with Crippen LogP contribution >= 0.6 is 27.3 Å². The van der Waals surface area contributed by atoms with Gasteiger partial charge in [0.05, 0.1) is 13.2 Å². The predicted molar refractivity (Wildman–Crippen MR) is 80.9 cm³/mol. The van der Waals surface area contributed by atoms with Gasteiger partial charge in [-0.3, -0.25) is 0 Å². The molecule has 0 aliphatic rings. The number of aliphatic hydroxyl groups excluding tert-OH is 1. The zero-order valence-corrected chi connectivity index (χ0v) is 12.6. The largest absolute Gasteiger partial charge is 0.384 e. The SMILES string of the molecule is OCC#Cc1csc(COCc2cccc(Br)c2)c1. The van der Waals surface area contributed by atoms with Crippen molar-refractivity contribution in [3.05, 3.63) is 56.2 Å². The summed E-state index contributed by atoms with van der Waals surface area (Å²) in [6.45, 7) is 1.07. The van der Waals surface area contributed by atoms with Gasteiger partial charge in [0.25, 0.3) is 0 Å². The molecule has 0 saturated heterocycles. The van der Waals surface area contributed by atoms with Gasteiger partial charge in [-0.1, -0.05) is 39.9 Å².